The van der Waals surface area contributed by atoms with E-state index in [4.69, 9.17) is 9.47 Å². The van der Waals surface area contributed by atoms with E-state index >= 15 is 0 Å². The number of anilines is 4. The minimum Gasteiger partial charge on any atom is -0.453 e. The number of ether oxygens (including phenoxy) is 2. The second-order valence-corrected chi connectivity index (χ2v) is 12.3. The van der Waals surface area contributed by atoms with Gasteiger partial charge in [-0.05, 0) is 110 Å². The maximum atomic E-state index is 6.14. The third-order valence-electron chi connectivity index (χ3n) is 7.67. The molecule has 0 N–H and O–H groups in total. The fourth-order valence-corrected chi connectivity index (χ4v) is 6.94. The Balaban J connectivity index is 0.000000127. The highest BCUT2D eigenvalue weighted by Crippen LogP contribution is 2.52. The molecule has 0 unspecified atom stereocenters. The van der Waals surface area contributed by atoms with Gasteiger partial charge in [-0.25, -0.2) is 0 Å². The minimum absolute atomic E-state index is 0.924. The molecule has 4 aromatic carbocycles. The molecule has 4 aliphatic heterocycles. The van der Waals surface area contributed by atoms with Crippen molar-refractivity contribution in [3.8, 4) is 23.0 Å². The van der Waals surface area contributed by atoms with Crippen LogP contribution in [0.3, 0.4) is 0 Å². The van der Waals surface area contributed by atoms with Crippen molar-refractivity contribution in [2.24, 2.45) is 0 Å². The molecule has 6 heteroatoms. The van der Waals surface area contributed by atoms with Gasteiger partial charge >= 0.3 is 0 Å². The summed E-state index contributed by atoms with van der Waals surface area (Å²) in [6.45, 7) is 6.39. The molecule has 0 saturated heterocycles. The lowest BCUT2D eigenvalue weighted by molar-refractivity contribution is 0.467. The van der Waals surface area contributed by atoms with Crippen molar-refractivity contribution < 1.29 is 9.47 Å². The van der Waals surface area contributed by atoms with Crippen molar-refractivity contribution >= 4 is 54.6 Å². The standard InChI is InChI=1S/C17H17NO.C15H11Br2NO/c1-11-5-6-14-15(9-11)19-16-10-12(2)8-13-4-3-7-18(14)17(13)16;16-10-3-4-12-13(7-10)19-14-8-11(17)6-9-2-1-5-18(12)15(9)14/h5-6,8-10H,3-4,7H2,1-2H3;3-4,6-8H,1-2,5H2. The molecule has 4 aromatic rings. The summed E-state index contributed by atoms with van der Waals surface area (Å²) in [5, 5.41) is 0. The Hall–Kier alpha value is -2.96. The maximum absolute atomic E-state index is 6.14. The molecule has 0 aromatic heterocycles. The molecule has 4 heterocycles. The first-order valence-electron chi connectivity index (χ1n) is 13.2. The average molecular weight is 632 g/mol. The summed E-state index contributed by atoms with van der Waals surface area (Å²) < 4.78 is 14.4. The fourth-order valence-electron chi connectivity index (χ4n) is 6.11. The van der Waals surface area contributed by atoms with E-state index in [2.05, 4.69) is 110 Å². The largest absolute Gasteiger partial charge is 0.453 e. The molecule has 4 aliphatic rings. The summed E-state index contributed by atoms with van der Waals surface area (Å²) in [7, 11) is 0. The van der Waals surface area contributed by atoms with Gasteiger partial charge in [0.1, 0.15) is 0 Å². The molecular formula is C32H28Br2N2O2. The van der Waals surface area contributed by atoms with Crippen LogP contribution >= 0.6 is 31.9 Å². The topological polar surface area (TPSA) is 24.9 Å². The van der Waals surface area contributed by atoms with E-state index in [1.807, 2.05) is 6.07 Å². The Morgan fingerprint density at radius 2 is 1.13 bits per heavy atom. The Morgan fingerprint density at radius 3 is 1.84 bits per heavy atom. The molecule has 4 nitrogen and oxygen atoms in total. The highest BCUT2D eigenvalue weighted by molar-refractivity contribution is 9.10. The molecule has 38 heavy (non-hydrogen) atoms. The van der Waals surface area contributed by atoms with E-state index in [0.29, 0.717) is 0 Å². The number of fused-ring (bicyclic) bond motifs is 4. The van der Waals surface area contributed by atoms with Gasteiger partial charge in [-0.3, -0.25) is 0 Å². The Kier molecular flexibility index (Phi) is 5.93. The van der Waals surface area contributed by atoms with Crippen LogP contribution in [-0.4, -0.2) is 13.1 Å². The Labute approximate surface area is 240 Å². The van der Waals surface area contributed by atoms with Crippen LogP contribution in [0.4, 0.5) is 22.7 Å². The van der Waals surface area contributed by atoms with E-state index < -0.39 is 0 Å². The van der Waals surface area contributed by atoms with Gasteiger partial charge in [-0.2, -0.15) is 0 Å². The summed E-state index contributed by atoms with van der Waals surface area (Å²) in [5.74, 6) is 3.89. The van der Waals surface area contributed by atoms with E-state index in [0.717, 1.165) is 57.9 Å². The molecule has 0 bridgehead atoms. The van der Waals surface area contributed by atoms with E-state index in [1.54, 1.807) is 0 Å². The first-order chi connectivity index (χ1) is 18.4. The number of nitrogens with zero attached hydrogens (tertiary/aromatic N) is 2. The monoisotopic (exact) mass is 630 g/mol. The lowest BCUT2D eigenvalue weighted by Crippen LogP contribution is -2.27. The first-order valence-corrected chi connectivity index (χ1v) is 14.8. The number of aryl methyl sites for hydroxylation is 4. The maximum Gasteiger partial charge on any atom is 0.152 e. The van der Waals surface area contributed by atoms with Crippen molar-refractivity contribution in [2.45, 2.75) is 39.5 Å². The summed E-state index contributed by atoms with van der Waals surface area (Å²) in [5.41, 5.74) is 10.2. The Bertz CT molecular complexity index is 1480. The Morgan fingerprint density at radius 1 is 0.579 bits per heavy atom. The molecule has 0 fully saturated rings. The van der Waals surface area contributed by atoms with E-state index in [-0.39, 0.29) is 0 Å². The number of benzene rings is 4. The van der Waals surface area contributed by atoms with Gasteiger partial charge in [0.05, 0.1) is 22.7 Å². The van der Waals surface area contributed by atoms with Gasteiger partial charge in [-0.1, -0.05) is 44.0 Å². The van der Waals surface area contributed by atoms with Crippen molar-refractivity contribution in [2.75, 3.05) is 22.9 Å². The third-order valence-corrected chi connectivity index (χ3v) is 8.62. The number of rotatable bonds is 0. The summed E-state index contributed by atoms with van der Waals surface area (Å²) in [4.78, 5) is 4.80. The second-order valence-electron chi connectivity index (χ2n) is 10.5. The summed E-state index contributed by atoms with van der Waals surface area (Å²) in [6.07, 6.45) is 4.67. The molecular weight excluding hydrogens is 604 g/mol. The van der Waals surface area contributed by atoms with Crippen molar-refractivity contribution in [1.82, 2.24) is 0 Å². The van der Waals surface area contributed by atoms with Crippen LogP contribution in [0.5, 0.6) is 23.0 Å². The smallest absolute Gasteiger partial charge is 0.152 e. The lowest BCUT2D eigenvalue weighted by atomic mass is 9.96. The van der Waals surface area contributed by atoms with Crippen LogP contribution in [0.1, 0.15) is 35.1 Å². The quantitative estimate of drug-likeness (QED) is 0.193. The lowest BCUT2D eigenvalue weighted by Gasteiger charge is -2.37. The van der Waals surface area contributed by atoms with Gasteiger partial charge in [0.2, 0.25) is 0 Å². The molecule has 0 amide bonds. The zero-order valence-electron chi connectivity index (χ0n) is 21.5. The summed E-state index contributed by atoms with van der Waals surface area (Å²) >= 11 is 7.08. The SMILES string of the molecule is Brc1ccc2c(c1)Oc1cc(Br)cc3c1N2CCC3.Cc1ccc2c(c1)Oc1cc(C)cc3c1N2CCC3. The molecule has 0 radical (unpaired) electrons. The zero-order chi connectivity index (χ0) is 26.0. The molecule has 8 rings (SSSR count). The van der Waals surface area contributed by atoms with E-state index in [1.165, 1.54) is 57.8 Å². The third kappa shape index (κ3) is 4.09. The highest BCUT2D eigenvalue weighted by atomic mass is 79.9. The predicted octanol–water partition coefficient (Wildman–Crippen LogP) is 9.90. The molecule has 0 aliphatic carbocycles. The van der Waals surface area contributed by atoms with Crippen LogP contribution in [0.25, 0.3) is 0 Å². The normalized spacial score (nSPS) is 15.6. The van der Waals surface area contributed by atoms with Crippen molar-refractivity contribution in [3.63, 3.8) is 0 Å². The van der Waals surface area contributed by atoms with Crippen LogP contribution in [0.15, 0.2) is 69.6 Å². The number of hydrogen-bond acceptors (Lipinski definition) is 4. The van der Waals surface area contributed by atoms with Gasteiger partial charge in [0, 0.05) is 22.0 Å². The fraction of sp³-hybridized carbons (Fsp3) is 0.250. The van der Waals surface area contributed by atoms with Crippen LogP contribution in [0, 0.1) is 13.8 Å². The van der Waals surface area contributed by atoms with Gasteiger partial charge in [0.15, 0.2) is 23.0 Å². The van der Waals surface area contributed by atoms with Crippen LogP contribution in [-0.2, 0) is 12.8 Å². The molecule has 0 atom stereocenters. The van der Waals surface area contributed by atoms with Crippen molar-refractivity contribution in [1.29, 1.82) is 0 Å². The predicted molar refractivity (Wildman–Crippen MR) is 161 cm³/mol. The van der Waals surface area contributed by atoms with Gasteiger partial charge in [-0.15, -0.1) is 0 Å². The average Bonchev–Trinajstić information content (AvgIpc) is 2.88. The summed E-state index contributed by atoms with van der Waals surface area (Å²) in [6, 6.07) is 21.4. The molecule has 192 valence electrons. The first kappa shape index (κ1) is 24.1. The number of halogens is 2. The minimum atomic E-state index is 0.924. The van der Waals surface area contributed by atoms with E-state index in [9.17, 15) is 0 Å². The molecule has 0 spiro atoms. The van der Waals surface area contributed by atoms with Gasteiger partial charge < -0.3 is 19.3 Å². The van der Waals surface area contributed by atoms with Gasteiger partial charge in [0.25, 0.3) is 0 Å². The van der Waals surface area contributed by atoms with Crippen LogP contribution < -0.4 is 19.3 Å². The second kappa shape index (κ2) is 9.35. The molecule has 0 saturated carbocycles. The highest BCUT2D eigenvalue weighted by Gasteiger charge is 2.31. The van der Waals surface area contributed by atoms with Crippen LogP contribution in [0.2, 0.25) is 0 Å². The number of hydrogen-bond donors (Lipinski definition) is 0. The van der Waals surface area contributed by atoms with Crippen molar-refractivity contribution in [3.05, 3.63) is 91.9 Å². The zero-order valence-corrected chi connectivity index (χ0v) is 24.7.